The molecular weight excluding hydrogens is 360 g/mol. The Morgan fingerprint density at radius 3 is 1.54 bits per heavy atom. The zero-order valence-corrected chi connectivity index (χ0v) is 17.4. The summed E-state index contributed by atoms with van der Waals surface area (Å²) in [5, 5.41) is 10.7. The quantitative estimate of drug-likeness (QED) is 0.309. The first-order valence-electron chi connectivity index (χ1n) is 10.3. The van der Waals surface area contributed by atoms with Gasteiger partial charge < -0.3 is 5.11 Å². The zero-order chi connectivity index (χ0) is 19.7. The first-order valence-corrected chi connectivity index (χ1v) is 11.2. The maximum Gasteiger partial charge on any atom is 0.0907 e. The molecular formula is C26H30OS. The zero-order valence-electron chi connectivity index (χ0n) is 16.6. The summed E-state index contributed by atoms with van der Waals surface area (Å²) in [6, 6.07) is 32.1. The van der Waals surface area contributed by atoms with E-state index in [2.05, 4.69) is 97.9 Å². The first-order chi connectivity index (χ1) is 13.8. The molecule has 3 rings (SSSR count). The smallest absolute Gasteiger partial charge is 0.0907 e. The van der Waals surface area contributed by atoms with Crippen LogP contribution in [-0.2, 0) is 4.75 Å². The van der Waals surface area contributed by atoms with Crippen molar-refractivity contribution in [2.24, 2.45) is 0 Å². The number of aliphatic hydroxyl groups is 1. The number of aliphatic hydroxyl groups excluding tert-OH is 1. The second kappa shape index (κ2) is 10.5. The molecule has 0 aliphatic rings. The van der Waals surface area contributed by atoms with E-state index in [-0.39, 0.29) is 10.9 Å². The van der Waals surface area contributed by atoms with Gasteiger partial charge in [0.15, 0.2) is 0 Å². The third-order valence-corrected chi connectivity index (χ3v) is 6.87. The highest BCUT2D eigenvalue weighted by atomic mass is 32.2. The Bertz CT molecular complexity index is 705. The molecule has 0 fully saturated rings. The summed E-state index contributed by atoms with van der Waals surface area (Å²) in [6.07, 6.45) is 4.04. The van der Waals surface area contributed by atoms with Gasteiger partial charge in [-0.05, 0) is 23.1 Å². The van der Waals surface area contributed by atoms with E-state index in [1.165, 1.54) is 29.5 Å². The van der Waals surface area contributed by atoms with E-state index in [9.17, 15) is 5.11 Å². The van der Waals surface area contributed by atoms with Crippen LogP contribution in [0.2, 0.25) is 0 Å². The van der Waals surface area contributed by atoms with Gasteiger partial charge in [0.2, 0.25) is 0 Å². The van der Waals surface area contributed by atoms with Gasteiger partial charge in [-0.15, -0.1) is 11.8 Å². The highest BCUT2D eigenvalue weighted by molar-refractivity contribution is 8.00. The van der Waals surface area contributed by atoms with Gasteiger partial charge in [-0.2, -0.15) is 0 Å². The summed E-state index contributed by atoms with van der Waals surface area (Å²) in [4.78, 5) is 0. The number of rotatable bonds is 10. The van der Waals surface area contributed by atoms with Crippen molar-refractivity contribution >= 4 is 11.8 Å². The Morgan fingerprint density at radius 2 is 1.14 bits per heavy atom. The Labute approximate surface area is 173 Å². The Hall–Kier alpha value is -2.03. The predicted octanol–water partition coefficient (Wildman–Crippen LogP) is 6.65. The largest absolute Gasteiger partial charge is 0.392 e. The minimum Gasteiger partial charge on any atom is -0.392 e. The van der Waals surface area contributed by atoms with E-state index >= 15 is 0 Å². The lowest BCUT2D eigenvalue weighted by molar-refractivity contribution is 0.185. The fraction of sp³-hybridized carbons (Fsp3) is 0.308. The van der Waals surface area contributed by atoms with Gasteiger partial charge in [-0.25, -0.2) is 0 Å². The van der Waals surface area contributed by atoms with Gasteiger partial charge in [-0.1, -0.05) is 117 Å². The molecule has 0 aliphatic carbocycles. The van der Waals surface area contributed by atoms with Crippen molar-refractivity contribution in [1.82, 2.24) is 0 Å². The van der Waals surface area contributed by atoms with Crippen LogP contribution in [0, 0.1) is 0 Å². The monoisotopic (exact) mass is 390 g/mol. The lowest BCUT2D eigenvalue weighted by atomic mass is 9.84. The van der Waals surface area contributed by atoms with Crippen LogP contribution in [0.25, 0.3) is 0 Å². The van der Waals surface area contributed by atoms with Gasteiger partial charge in [0.05, 0.1) is 10.9 Å². The summed E-state index contributed by atoms with van der Waals surface area (Å²) >= 11 is 1.84. The molecule has 3 aromatic carbocycles. The van der Waals surface area contributed by atoms with E-state index in [0.717, 1.165) is 12.8 Å². The molecule has 146 valence electrons. The molecule has 0 radical (unpaired) electrons. The average Bonchev–Trinajstić information content (AvgIpc) is 2.77. The Kier molecular flexibility index (Phi) is 7.76. The van der Waals surface area contributed by atoms with E-state index < -0.39 is 0 Å². The molecule has 1 unspecified atom stereocenters. The fourth-order valence-electron chi connectivity index (χ4n) is 3.70. The van der Waals surface area contributed by atoms with E-state index in [4.69, 9.17) is 0 Å². The maximum atomic E-state index is 10.7. The molecule has 28 heavy (non-hydrogen) atoms. The van der Waals surface area contributed by atoms with E-state index in [1.54, 1.807) is 0 Å². The first kappa shape index (κ1) is 20.7. The summed E-state index contributed by atoms with van der Waals surface area (Å²) in [5.74, 6) is 0.711. The molecule has 2 heteroatoms. The minimum atomic E-state index is -0.338. The molecule has 0 bridgehead atoms. The lowest BCUT2D eigenvalue weighted by Gasteiger charge is -2.36. The second-order valence-electron chi connectivity index (χ2n) is 7.24. The topological polar surface area (TPSA) is 20.2 Å². The summed E-state index contributed by atoms with van der Waals surface area (Å²) in [5.41, 5.74) is 3.74. The molecule has 0 aromatic heterocycles. The summed E-state index contributed by atoms with van der Waals surface area (Å²) in [7, 11) is 0. The third-order valence-electron chi connectivity index (χ3n) is 5.17. The van der Waals surface area contributed by atoms with Gasteiger partial charge in [0.25, 0.3) is 0 Å². The SMILES string of the molecule is CCCCCC(O)CSC(c1ccccc1)(c1ccccc1)c1ccccc1. The molecule has 1 N–H and O–H groups in total. The highest BCUT2D eigenvalue weighted by Gasteiger charge is 2.37. The van der Waals surface area contributed by atoms with Crippen molar-refractivity contribution in [2.75, 3.05) is 5.75 Å². The Balaban J connectivity index is 2.01. The minimum absolute atomic E-state index is 0.285. The molecule has 0 amide bonds. The molecule has 0 heterocycles. The summed E-state index contributed by atoms with van der Waals surface area (Å²) < 4.78 is -0.338. The van der Waals surface area contributed by atoms with Gasteiger partial charge in [-0.3, -0.25) is 0 Å². The van der Waals surface area contributed by atoms with Crippen LogP contribution in [0.5, 0.6) is 0 Å². The van der Waals surface area contributed by atoms with Crippen LogP contribution in [-0.4, -0.2) is 17.0 Å². The molecule has 0 saturated carbocycles. The van der Waals surface area contributed by atoms with Gasteiger partial charge >= 0.3 is 0 Å². The third kappa shape index (κ3) is 4.87. The van der Waals surface area contributed by atoms with E-state index in [1.807, 2.05) is 11.8 Å². The second-order valence-corrected chi connectivity index (χ2v) is 8.47. The van der Waals surface area contributed by atoms with Crippen molar-refractivity contribution in [3.05, 3.63) is 108 Å². The number of unbranched alkanes of at least 4 members (excludes halogenated alkanes) is 2. The molecule has 3 aromatic rings. The van der Waals surface area contributed by atoms with Crippen molar-refractivity contribution in [2.45, 2.75) is 43.5 Å². The number of hydrogen-bond donors (Lipinski definition) is 1. The van der Waals surface area contributed by atoms with Crippen LogP contribution < -0.4 is 0 Å². The van der Waals surface area contributed by atoms with Crippen LogP contribution in [0.15, 0.2) is 91.0 Å². The number of thioether (sulfide) groups is 1. The lowest BCUT2D eigenvalue weighted by Crippen LogP contribution is -2.28. The standard InChI is InChI=1S/C26H30OS/c1-2-3-7-20-25(27)21-28-26(22-14-8-4-9-15-22,23-16-10-5-11-17-23)24-18-12-6-13-19-24/h4-6,8-19,25,27H,2-3,7,20-21H2,1H3. The fourth-order valence-corrected chi connectivity index (χ4v) is 5.22. The van der Waals surface area contributed by atoms with Crippen LogP contribution >= 0.6 is 11.8 Å². The molecule has 1 nitrogen and oxygen atoms in total. The van der Waals surface area contributed by atoms with Crippen LogP contribution in [0.1, 0.15) is 49.3 Å². The van der Waals surface area contributed by atoms with Crippen molar-refractivity contribution in [1.29, 1.82) is 0 Å². The normalized spacial score (nSPS) is 12.6. The van der Waals surface area contributed by atoms with Crippen LogP contribution in [0.3, 0.4) is 0 Å². The summed E-state index contributed by atoms with van der Waals surface area (Å²) in [6.45, 7) is 2.20. The van der Waals surface area contributed by atoms with Crippen molar-refractivity contribution in [3.63, 3.8) is 0 Å². The maximum absolute atomic E-state index is 10.7. The average molecular weight is 391 g/mol. The molecule has 0 aliphatic heterocycles. The predicted molar refractivity (Wildman–Crippen MR) is 122 cm³/mol. The van der Waals surface area contributed by atoms with E-state index in [0.29, 0.717) is 5.75 Å². The number of benzene rings is 3. The van der Waals surface area contributed by atoms with Gasteiger partial charge in [0, 0.05) is 5.75 Å². The molecule has 0 saturated heterocycles. The Morgan fingerprint density at radius 1 is 0.714 bits per heavy atom. The number of hydrogen-bond acceptors (Lipinski definition) is 2. The van der Waals surface area contributed by atoms with Crippen LogP contribution in [0.4, 0.5) is 0 Å². The van der Waals surface area contributed by atoms with Gasteiger partial charge in [0.1, 0.15) is 0 Å². The van der Waals surface area contributed by atoms with Crippen molar-refractivity contribution in [3.8, 4) is 0 Å². The molecule has 0 spiro atoms. The molecule has 1 atom stereocenters. The highest BCUT2D eigenvalue weighted by Crippen LogP contribution is 2.48. The van der Waals surface area contributed by atoms with Crippen molar-refractivity contribution < 1.29 is 5.11 Å².